The molecule has 1 saturated heterocycles. The number of para-hydroxylation sites is 2. The van der Waals surface area contributed by atoms with E-state index < -0.39 is 33.9 Å². The third kappa shape index (κ3) is 9.61. The molecule has 3 aromatic rings. The van der Waals surface area contributed by atoms with E-state index in [1.165, 1.54) is 6.42 Å². The SMILES string of the molecule is CS(=O)(=O)Nc1ccc(CC(=O)N2C[C@H](OCC3CCCCC3)[C@@H](C(=O)N[C@@H](CCCCN)C(=O)c3nc4ccccc4o3)C2)cc1. The largest absolute Gasteiger partial charge is 0.434 e. The van der Waals surface area contributed by atoms with Crippen molar-refractivity contribution >= 4 is 44.4 Å². The van der Waals surface area contributed by atoms with Gasteiger partial charge in [0.1, 0.15) is 5.52 Å². The Morgan fingerprint density at radius 3 is 2.49 bits per heavy atom. The molecule has 2 fully saturated rings. The van der Waals surface area contributed by atoms with Crippen LogP contribution in [-0.2, 0) is 30.8 Å². The van der Waals surface area contributed by atoms with Crippen molar-refractivity contribution in [3.8, 4) is 0 Å². The van der Waals surface area contributed by atoms with Crippen LogP contribution in [0.1, 0.15) is 67.6 Å². The average Bonchev–Trinajstić information content (AvgIpc) is 3.69. The van der Waals surface area contributed by atoms with E-state index in [2.05, 4.69) is 15.0 Å². The Hall–Kier alpha value is -3.81. The van der Waals surface area contributed by atoms with Crippen LogP contribution >= 0.6 is 0 Å². The van der Waals surface area contributed by atoms with Crippen LogP contribution in [0.5, 0.6) is 0 Å². The average molecular weight is 668 g/mol. The highest BCUT2D eigenvalue weighted by Crippen LogP contribution is 2.28. The van der Waals surface area contributed by atoms with Gasteiger partial charge in [0.05, 0.1) is 30.7 Å². The van der Waals surface area contributed by atoms with Gasteiger partial charge in [-0.2, -0.15) is 0 Å². The summed E-state index contributed by atoms with van der Waals surface area (Å²) < 4.78 is 37.6. The Bertz CT molecular complexity index is 1600. The second-order valence-corrected chi connectivity index (χ2v) is 14.5. The summed E-state index contributed by atoms with van der Waals surface area (Å²) >= 11 is 0. The van der Waals surface area contributed by atoms with Crippen LogP contribution in [0.2, 0.25) is 0 Å². The third-order valence-corrected chi connectivity index (χ3v) is 9.53. The van der Waals surface area contributed by atoms with Gasteiger partial charge in [0, 0.05) is 25.4 Å². The van der Waals surface area contributed by atoms with Crippen molar-refractivity contribution < 1.29 is 32.0 Å². The molecule has 5 rings (SSSR count). The molecule has 4 N–H and O–H groups in total. The molecule has 2 amide bonds. The predicted molar refractivity (Wildman–Crippen MR) is 178 cm³/mol. The number of ether oxygens (including phenoxy) is 1. The van der Waals surface area contributed by atoms with Crippen molar-refractivity contribution in [1.82, 2.24) is 15.2 Å². The zero-order valence-electron chi connectivity index (χ0n) is 26.9. The summed E-state index contributed by atoms with van der Waals surface area (Å²) in [7, 11) is -3.42. The molecule has 0 radical (unpaired) electrons. The molecule has 2 aliphatic rings. The van der Waals surface area contributed by atoms with Crippen LogP contribution in [0, 0.1) is 11.8 Å². The van der Waals surface area contributed by atoms with E-state index in [0.29, 0.717) is 60.7 Å². The number of carbonyl (C=O) groups excluding carboxylic acids is 3. The fourth-order valence-corrected chi connectivity index (χ4v) is 6.93. The highest BCUT2D eigenvalue weighted by molar-refractivity contribution is 7.92. The standard InChI is InChI=1S/C34H45N5O7S/c1-47(43,44)38-25-16-14-23(15-17-25)19-31(40)39-20-26(30(21-39)45-22-24-9-3-2-4-10-24)33(42)36-28(12-7-8-18-35)32(41)34-37-27-11-5-6-13-29(27)46-34/h5-6,11,13-17,24,26,28,30,38H,2-4,7-10,12,18-22,35H2,1H3,(H,36,42)/t26-,28-,30-/m0/s1. The lowest BCUT2D eigenvalue weighted by atomic mass is 9.90. The number of benzene rings is 2. The first-order valence-corrected chi connectivity index (χ1v) is 18.3. The molecule has 3 atom stereocenters. The topological polar surface area (TPSA) is 174 Å². The Morgan fingerprint density at radius 2 is 1.79 bits per heavy atom. The van der Waals surface area contributed by atoms with E-state index in [1.54, 1.807) is 47.4 Å². The quantitative estimate of drug-likeness (QED) is 0.161. The van der Waals surface area contributed by atoms with E-state index in [4.69, 9.17) is 14.9 Å². The van der Waals surface area contributed by atoms with Gasteiger partial charge in [0.15, 0.2) is 5.58 Å². The monoisotopic (exact) mass is 667 g/mol. The number of ketones is 1. The Morgan fingerprint density at radius 1 is 1.04 bits per heavy atom. The second kappa shape index (κ2) is 15.9. The molecule has 0 spiro atoms. The molecule has 12 nitrogen and oxygen atoms in total. The van der Waals surface area contributed by atoms with Crippen LogP contribution in [0.4, 0.5) is 5.69 Å². The number of fused-ring (bicyclic) bond motifs is 1. The van der Waals surface area contributed by atoms with Gasteiger partial charge >= 0.3 is 0 Å². The minimum absolute atomic E-state index is 0.0599. The predicted octanol–water partition coefficient (Wildman–Crippen LogP) is 3.66. The van der Waals surface area contributed by atoms with Crippen molar-refractivity contribution in [1.29, 1.82) is 0 Å². The van der Waals surface area contributed by atoms with Gasteiger partial charge in [-0.1, -0.05) is 43.5 Å². The highest BCUT2D eigenvalue weighted by Gasteiger charge is 2.42. The van der Waals surface area contributed by atoms with E-state index in [1.807, 2.05) is 6.07 Å². The maximum atomic E-state index is 13.9. The minimum Gasteiger partial charge on any atom is -0.434 e. The Labute approximate surface area is 275 Å². The summed E-state index contributed by atoms with van der Waals surface area (Å²) in [6.07, 6.45) is 8.03. The molecule has 254 valence electrons. The number of unbranched alkanes of at least 4 members (excludes halogenated alkanes) is 1. The summed E-state index contributed by atoms with van der Waals surface area (Å²) in [6.45, 7) is 1.40. The number of Topliss-reactive ketones (excluding diaryl/α,β-unsaturated/α-hetero) is 1. The lowest BCUT2D eigenvalue weighted by Gasteiger charge is -2.26. The van der Waals surface area contributed by atoms with Gasteiger partial charge in [-0.25, -0.2) is 13.4 Å². The summed E-state index contributed by atoms with van der Waals surface area (Å²) in [5.74, 6) is -1.25. The number of carbonyl (C=O) groups is 3. The number of anilines is 1. The van der Waals surface area contributed by atoms with Gasteiger partial charge < -0.3 is 25.1 Å². The highest BCUT2D eigenvalue weighted by atomic mass is 32.2. The molecular formula is C34H45N5O7S. The normalized spacial score (nSPS) is 19.5. The molecule has 13 heteroatoms. The summed E-state index contributed by atoms with van der Waals surface area (Å²) in [6, 6.07) is 12.9. The fourth-order valence-electron chi connectivity index (χ4n) is 6.37. The number of aromatic nitrogens is 1. The summed E-state index contributed by atoms with van der Waals surface area (Å²) in [5.41, 5.74) is 7.89. The number of likely N-dealkylation sites (tertiary alicyclic amines) is 1. The van der Waals surface area contributed by atoms with E-state index in [9.17, 15) is 22.8 Å². The molecule has 1 saturated carbocycles. The lowest BCUT2D eigenvalue weighted by molar-refractivity contribution is -0.130. The van der Waals surface area contributed by atoms with Crippen LogP contribution in [0.15, 0.2) is 52.9 Å². The number of amides is 2. The maximum Gasteiger partial charge on any atom is 0.266 e. The molecule has 0 unspecified atom stereocenters. The number of hydrogen-bond acceptors (Lipinski definition) is 9. The van der Waals surface area contributed by atoms with Crippen LogP contribution in [-0.4, -0.2) is 80.5 Å². The van der Waals surface area contributed by atoms with Gasteiger partial charge in [-0.15, -0.1) is 0 Å². The minimum atomic E-state index is -3.42. The van der Waals surface area contributed by atoms with Crippen LogP contribution < -0.4 is 15.8 Å². The smallest absolute Gasteiger partial charge is 0.266 e. The number of nitrogens with one attached hydrogen (secondary N) is 2. The number of nitrogens with zero attached hydrogens (tertiary/aromatic N) is 2. The summed E-state index contributed by atoms with van der Waals surface area (Å²) in [4.78, 5) is 47.0. The molecule has 0 bridgehead atoms. The van der Waals surface area contributed by atoms with Crippen molar-refractivity contribution in [2.45, 2.75) is 69.9 Å². The lowest BCUT2D eigenvalue weighted by Crippen LogP contribution is -2.47. The Kier molecular flexibility index (Phi) is 11.6. The van der Waals surface area contributed by atoms with Gasteiger partial charge in [-0.3, -0.25) is 19.1 Å². The number of sulfonamides is 1. The second-order valence-electron chi connectivity index (χ2n) is 12.7. The van der Waals surface area contributed by atoms with Gasteiger partial charge in [-0.05, 0) is 74.4 Å². The van der Waals surface area contributed by atoms with Crippen molar-refractivity contribution in [3.63, 3.8) is 0 Å². The first-order valence-electron chi connectivity index (χ1n) is 16.5. The first kappa shape index (κ1) is 34.5. The molecule has 1 aliphatic carbocycles. The van der Waals surface area contributed by atoms with Crippen LogP contribution in [0.25, 0.3) is 11.1 Å². The van der Waals surface area contributed by atoms with E-state index in [-0.39, 0.29) is 37.2 Å². The molecular weight excluding hydrogens is 622 g/mol. The van der Waals surface area contributed by atoms with Crippen molar-refractivity contribution in [2.75, 3.05) is 37.2 Å². The number of rotatable bonds is 15. The molecule has 2 heterocycles. The van der Waals surface area contributed by atoms with Crippen LogP contribution in [0.3, 0.4) is 0 Å². The molecule has 47 heavy (non-hydrogen) atoms. The van der Waals surface area contributed by atoms with E-state index >= 15 is 0 Å². The summed E-state index contributed by atoms with van der Waals surface area (Å²) in [5, 5.41) is 2.96. The van der Waals surface area contributed by atoms with Gasteiger partial charge in [0.2, 0.25) is 27.6 Å². The third-order valence-electron chi connectivity index (χ3n) is 8.92. The van der Waals surface area contributed by atoms with Crippen molar-refractivity contribution in [3.05, 3.63) is 60.0 Å². The molecule has 1 aromatic heterocycles. The molecule has 2 aromatic carbocycles. The zero-order chi connectivity index (χ0) is 33.4. The maximum absolute atomic E-state index is 13.9. The number of nitrogens with two attached hydrogens (primary N) is 1. The van der Waals surface area contributed by atoms with E-state index in [0.717, 1.165) is 31.9 Å². The fraction of sp³-hybridized carbons (Fsp3) is 0.529. The number of oxazole rings is 1. The zero-order valence-corrected chi connectivity index (χ0v) is 27.7. The molecule has 1 aliphatic heterocycles. The first-order chi connectivity index (χ1) is 22.6. The number of hydrogen-bond donors (Lipinski definition) is 3. The Balaban J connectivity index is 1.29. The van der Waals surface area contributed by atoms with Crippen molar-refractivity contribution in [2.24, 2.45) is 17.6 Å². The van der Waals surface area contributed by atoms with Gasteiger partial charge in [0.25, 0.3) is 5.89 Å².